The van der Waals surface area contributed by atoms with Crippen molar-refractivity contribution in [3.63, 3.8) is 0 Å². The van der Waals surface area contributed by atoms with Gasteiger partial charge >= 0.3 is 5.97 Å². The molecule has 6 rings (SSSR count). The van der Waals surface area contributed by atoms with Gasteiger partial charge in [-0.3, -0.25) is 0 Å². The standard InChI is InChI=1S/C29H27Cl2FN2O5S/c1-13(2)26-18(24(34-39-26)23-19(30)4-3-5-20(23)31)12-38-17-10-15-6-7-16(11-17)29(15,37)28-33-25-21(32)8-14(27(35)36)9-22(25)40-28/h3-5,8-9,13,15-17,37H,6-7,10-12H2,1-2H3,(H,35,36)/t15-,16?,17-,29+/m0/s1. The van der Waals surface area contributed by atoms with Gasteiger partial charge in [-0.05, 0) is 61.8 Å². The van der Waals surface area contributed by atoms with Gasteiger partial charge in [0.2, 0.25) is 0 Å². The Morgan fingerprint density at radius 1 is 1.23 bits per heavy atom. The van der Waals surface area contributed by atoms with Crippen LogP contribution in [-0.4, -0.2) is 32.4 Å². The zero-order chi connectivity index (χ0) is 28.3. The van der Waals surface area contributed by atoms with Crippen LogP contribution in [0.1, 0.15) is 72.1 Å². The number of nitrogens with zero attached hydrogens (tertiary/aromatic N) is 2. The summed E-state index contributed by atoms with van der Waals surface area (Å²) in [6.07, 6.45) is 2.69. The number of carboxylic acid groups (broad SMARTS) is 1. The highest BCUT2D eigenvalue weighted by molar-refractivity contribution is 7.18. The van der Waals surface area contributed by atoms with Gasteiger partial charge in [0.25, 0.3) is 0 Å². The normalized spacial score (nSPS) is 24.3. The van der Waals surface area contributed by atoms with Crippen LogP contribution in [0.15, 0.2) is 34.9 Å². The summed E-state index contributed by atoms with van der Waals surface area (Å²) in [7, 11) is 0. The van der Waals surface area contributed by atoms with Gasteiger partial charge in [-0.2, -0.15) is 0 Å². The second-order valence-electron chi connectivity index (χ2n) is 11.0. The monoisotopic (exact) mass is 604 g/mol. The number of aromatic carboxylic acids is 1. The second-order valence-corrected chi connectivity index (χ2v) is 12.8. The molecule has 0 amide bonds. The Hall–Kier alpha value is -2.56. The fraction of sp³-hybridized carbons (Fsp3) is 0.414. The minimum Gasteiger partial charge on any atom is -0.478 e. The van der Waals surface area contributed by atoms with E-state index in [1.807, 2.05) is 13.8 Å². The van der Waals surface area contributed by atoms with E-state index in [0.717, 1.165) is 35.8 Å². The lowest BCUT2D eigenvalue weighted by molar-refractivity contribution is -0.116. The number of benzene rings is 2. The third-order valence-corrected chi connectivity index (χ3v) is 10.0. The molecule has 11 heteroatoms. The average Bonchev–Trinajstić information content (AvgIpc) is 3.55. The molecule has 2 bridgehead atoms. The quantitative estimate of drug-likeness (QED) is 0.221. The van der Waals surface area contributed by atoms with Crippen molar-refractivity contribution in [3.8, 4) is 11.3 Å². The molecule has 2 aromatic heterocycles. The van der Waals surface area contributed by atoms with Crippen LogP contribution in [0, 0.1) is 17.7 Å². The van der Waals surface area contributed by atoms with Crippen molar-refractivity contribution in [2.24, 2.45) is 11.8 Å². The first-order valence-corrected chi connectivity index (χ1v) is 14.8. The van der Waals surface area contributed by atoms with E-state index in [4.69, 9.17) is 32.5 Å². The van der Waals surface area contributed by atoms with Gasteiger partial charge in [0.05, 0.1) is 33.0 Å². The van der Waals surface area contributed by atoms with Crippen molar-refractivity contribution in [3.05, 3.63) is 68.1 Å². The van der Waals surface area contributed by atoms with Gasteiger partial charge in [0.1, 0.15) is 27.6 Å². The molecule has 0 saturated heterocycles. The maximum atomic E-state index is 14.7. The molecule has 1 unspecified atom stereocenters. The summed E-state index contributed by atoms with van der Waals surface area (Å²) in [5.41, 5.74) is 0.707. The van der Waals surface area contributed by atoms with Crippen LogP contribution in [0.3, 0.4) is 0 Å². The average molecular weight is 606 g/mol. The summed E-state index contributed by atoms with van der Waals surface area (Å²) in [6, 6.07) is 7.67. The number of ether oxygens (including phenoxy) is 1. The number of carbonyl (C=O) groups is 1. The Labute approximate surface area is 243 Å². The summed E-state index contributed by atoms with van der Waals surface area (Å²) in [5.74, 6) is -1.38. The Bertz CT molecular complexity index is 1590. The molecule has 0 spiro atoms. The van der Waals surface area contributed by atoms with E-state index in [2.05, 4.69) is 10.1 Å². The van der Waals surface area contributed by atoms with Gasteiger partial charge in [0.15, 0.2) is 5.82 Å². The number of thiazole rings is 1. The Morgan fingerprint density at radius 3 is 2.52 bits per heavy atom. The second kappa shape index (κ2) is 10.4. The van der Waals surface area contributed by atoms with Crippen molar-refractivity contribution in [2.45, 2.75) is 63.8 Å². The molecule has 2 saturated carbocycles. The molecule has 4 aromatic rings. The number of fused-ring (bicyclic) bond motifs is 3. The number of hydrogen-bond donors (Lipinski definition) is 2. The number of hydrogen-bond acceptors (Lipinski definition) is 7. The van der Waals surface area contributed by atoms with Crippen LogP contribution in [0.2, 0.25) is 10.0 Å². The van der Waals surface area contributed by atoms with E-state index < -0.39 is 17.4 Å². The number of rotatable bonds is 7. The molecule has 2 aromatic carbocycles. The van der Waals surface area contributed by atoms with Crippen LogP contribution in [0.25, 0.3) is 21.5 Å². The molecule has 0 radical (unpaired) electrons. The summed E-state index contributed by atoms with van der Waals surface area (Å²) in [4.78, 5) is 15.9. The highest BCUT2D eigenvalue weighted by Gasteiger charge is 2.56. The summed E-state index contributed by atoms with van der Waals surface area (Å²) < 4.78 is 27.2. The van der Waals surface area contributed by atoms with E-state index >= 15 is 0 Å². The van der Waals surface area contributed by atoms with Gasteiger partial charge < -0.3 is 19.5 Å². The first-order chi connectivity index (χ1) is 19.1. The molecule has 40 heavy (non-hydrogen) atoms. The molecule has 7 nitrogen and oxygen atoms in total. The predicted octanol–water partition coefficient (Wildman–Crippen LogP) is 7.81. The zero-order valence-corrected chi connectivity index (χ0v) is 24.1. The smallest absolute Gasteiger partial charge is 0.335 e. The van der Waals surface area contributed by atoms with Crippen molar-refractivity contribution in [2.75, 3.05) is 0 Å². The fourth-order valence-corrected chi connectivity index (χ4v) is 8.15. The minimum atomic E-state index is -1.21. The molecule has 2 N–H and O–H groups in total. The predicted molar refractivity (Wildman–Crippen MR) is 151 cm³/mol. The molecule has 2 aliphatic carbocycles. The van der Waals surface area contributed by atoms with Crippen molar-refractivity contribution in [1.82, 2.24) is 10.1 Å². The first kappa shape index (κ1) is 27.6. The van der Waals surface area contributed by atoms with Crippen molar-refractivity contribution in [1.29, 1.82) is 0 Å². The topological polar surface area (TPSA) is 106 Å². The van der Waals surface area contributed by atoms with Crippen LogP contribution in [-0.2, 0) is 16.9 Å². The molecule has 2 heterocycles. The lowest BCUT2D eigenvalue weighted by atomic mass is 9.73. The number of carboxylic acids is 1. The van der Waals surface area contributed by atoms with Gasteiger partial charge in [-0.25, -0.2) is 14.2 Å². The maximum Gasteiger partial charge on any atom is 0.335 e. The molecular weight excluding hydrogens is 578 g/mol. The van der Waals surface area contributed by atoms with Crippen LogP contribution in [0.5, 0.6) is 0 Å². The molecular formula is C29H27Cl2FN2O5S. The number of aromatic nitrogens is 2. The van der Waals surface area contributed by atoms with E-state index in [0.29, 0.717) is 49.6 Å². The van der Waals surface area contributed by atoms with Gasteiger partial charge in [-0.1, -0.05) is 48.3 Å². The Kier molecular flexibility index (Phi) is 7.15. The lowest BCUT2D eigenvalue weighted by Gasteiger charge is -2.41. The molecule has 210 valence electrons. The van der Waals surface area contributed by atoms with Crippen LogP contribution < -0.4 is 0 Å². The first-order valence-electron chi connectivity index (χ1n) is 13.2. The molecule has 2 fully saturated rings. The molecule has 0 aliphatic heterocycles. The highest BCUT2D eigenvalue weighted by atomic mass is 35.5. The third kappa shape index (κ3) is 4.52. The number of halogens is 3. The molecule has 2 aliphatic rings. The van der Waals surface area contributed by atoms with Crippen molar-refractivity contribution < 1.29 is 28.7 Å². The van der Waals surface area contributed by atoms with E-state index in [1.54, 1.807) is 18.2 Å². The van der Waals surface area contributed by atoms with E-state index in [9.17, 15) is 19.4 Å². The SMILES string of the molecule is CC(C)c1onc(-c2c(Cl)cccc2Cl)c1CO[C@@H]1CC2CC[C@@H](C1)[C@]2(O)c1nc2c(F)cc(C(=O)O)cc2s1. The Morgan fingerprint density at radius 2 is 1.90 bits per heavy atom. The summed E-state index contributed by atoms with van der Waals surface area (Å²) >= 11 is 14.1. The largest absolute Gasteiger partial charge is 0.478 e. The maximum absolute atomic E-state index is 14.7. The zero-order valence-electron chi connectivity index (χ0n) is 21.8. The van der Waals surface area contributed by atoms with E-state index in [1.165, 1.54) is 6.07 Å². The van der Waals surface area contributed by atoms with E-state index in [-0.39, 0.29) is 41.5 Å². The number of aliphatic hydroxyl groups is 1. The third-order valence-electron chi connectivity index (χ3n) is 8.25. The van der Waals surface area contributed by atoms with Crippen LogP contribution >= 0.6 is 34.5 Å². The molecule has 4 atom stereocenters. The highest BCUT2D eigenvalue weighted by Crippen LogP contribution is 2.57. The Balaban J connectivity index is 1.25. The summed E-state index contributed by atoms with van der Waals surface area (Å²) in [5, 5.41) is 26.9. The van der Waals surface area contributed by atoms with Crippen molar-refractivity contribution >= 4 is 50.7 Å². The summed E-state index contributed by atoms with van der Waals surface area (Å²) in [6.45, 7) is 4.28. The van der Waals surface area contributed by atoms with Crippen LogP contribution in [0.4, 0.5) is 4.39 Å². The van der Waals surface area contributed by atoms with Gasteiger partial charge in [-0.15, -0.1) is 11.3 Å². The van der Waals surface area contributed by atoms with Gasteiger partial charge in [0, 0.05) is 17.0 Å². The lowest BCUT2D eigenvalue weighted by Crippen LogP contribution is -2.44. The minimum absolute atomic E-state index is 0.0646. The fourth-order valence-electron chi connectivity index (χ4n) is 6.31.